The molecule has 3 aliphatic heterocycles. The number of amides is 2. The van der Waals surface area contributed by atoms with E-state index in [0.29, 0.717) is 19.4 Å². The highest BCUT2D eigenvalue weighted by atomic mass is 32.1. The average molecular weight is 844 g/mol. The van der Waals surface area contributed by atoms with Gasteiger partial charge < -0.3 is 39.0 Å². The number of aromatic nitrogens is 1. The van der Waals surface area contributed by atoms with Crippen LogP contribution >= 0.6 is 11.3 Å². The second kappa shape index (κ2) is 19.5. The molecule has 4 heterocycles. The van der Waals surface area contributed by atoms with Gasteiger partial charge in [0.15, 0.2) is 17.7 Å². The third-order valence-corrected chi connectivity index (χ3v) is 13.5. The standard InChI is InChI=1S/C43H65N5O10S/c1-12-32-43(8)35(48(41(53)58-43)45-20-16-19-30-23-44-38(59-30)29-17-14-13-15-18-29)28(6)46-37(51)24(2)22-42(7,54-11)36(26(4)33(49)27(5)39(52)56-32)57-40-34(50)31(47(9)10)21-25(3)55-40/h13-15,17-18,23-28,31-32,34-36,40,45,50H,12,16,19-22H2,1-11H3,(H,46,51)/t24-,25-,26+,27-,28?,31+,32+,34-,35-,36+,40+,42+,43-/m1/s1. The van der Waals surface area contributed by atoms with E-state index in [2.05, 4.69) is 15.7 Å². The molecule has 59 heavy (non-hydrogen) atoms. The number of nitrogens with zero attached hydrogens (tertiary/aromatic N) is 3. The summed E-state index contributed by atoms with van der Waals surface area (Å²) in [6, 6.07) is 8.17. The van der Waals surface area contributed by atoms with Crippen LogP contribution in [-0.4, -0.2) is 132 Å². The van der Waals surface area contributed by atoms with Gasteiger partial charge >= 0.3 is 12.1 Å². The smallest absolute Gasteiger partial charge is 0.425 e. The third-order valence-electron chi connectivity index (χ3n) is 12.4. The topological polar surface area (TPSA) is 178 Å². The predicted molar refractivity (Wildman–Crippen MR) is 222 cm³/mol. The number of aliphatic hydroxyl groups excluding tert-OH is 1. The molecule has 2 amide bonds. The molecule has 328 valence electrons. The molecule has 1 aromatic carbocycles. The summed E-state index contributed by atoms with van der Waals surface area (Å²) in [6.07, 6.45) is -0.996. The lowest BCUT2D eigenvalue weighted by molar-refractivity contribution is -0.295. The first-order valence-electron chi connectivity index (χ1n) is 20.9. The molecule has 0 radical (unpaired) electrons. The summed E-state index contributed by atoms with van der Waals surface area (Å²) < 4.78 is 31.1. The Morgan fingerprint density at radius 2 is 1.78 bits per heavy atom. The monoisotopic (exact) mass is 843 g/mol. The maximum atomic E-state index is 14.4. The number of thiazole rings is 1. The van der Waals surface area contributed by atoms with Crippen molar-refractivity contribution in [2.24, 2.45) is 17.8 Å². The summed E-state index contributed by atoms with van der Waals surface area (Å²) >= 11 is 1.62. The van der Waals surface area contributed by atoms with Crippen molar-refractivity contribution in [1.29, 1.82) is 0 Å². The van der Waals surface area contributed by atoms with E-state index in [0.717, 1.165) is 21.9 Å². The number of aliphatic hydroxyl groups is 1. The van der Waals surface area contributed by atoms with Crippen molar-refractivity contribution in [3.8, 4) is 10.6 Å². The quantitative estimate of drug-likeness (QED) is 0.161. The molecule has 3 saturated heterocycles. The molecule has 3 N–H and O–H groups in total. The lowest BCUT2D eigenvalue weighted by Crippen LogP contribution is -2.63. The average Bonchev–Trinajstić information content (AvgIpc) is 3.78. The first-order valence-corrected chi connectivity index (χ1v) is 21.7. The van der Waals surface area contributed by atoms with Crippen LogP contribution in [0.15, 0.2) is 36.5 Å². The molecule has 16 heteroatoms. The van der Waals surface area contributed by atoms with Crippen LogP contribution in [0.1, 0.15) is 86.0 Å². The Hall–Kier alpha value is -3.51. The Morgan fingerprint density at radius 1 is 1.08 bits per heavy atom. The Morgan fingerprint density at radius 3 is 2.42 bits per heavy atom. The van der Waals surface area contributed by atoms with E-state index in [-0.39, 0.29) is 30.9 Å². The van der Waals surface area contributed by atoms with Crippen molar-refractivity contribution in [3.05, 3.63) is 41.4 Å². The fraction of sp³-hybridized carbons (Fsp3) is 0.698. The highest BCUT2D eigenvalue weighted by molar-refractivity contribution is 7.15. The summed E-state index contributed by atoms with van der Waals surface area (Å²) in [4.78, 5) is 63.9. The van der Waals surface area contributed by atoms with Crippen LogP contribution in [0.2, 0.25) is 0 Å². The van der Waals surface area contributed by atoms with Gasteiger partial charge in [0.1, 0.15) is 29.2 Å². The predicted octanol–water partition coefficient (Wildman–Crippen LogP) is 4.75. The van der Waals surface area contributed by atoms with Crippen molar-refractivity contribution < 1.29 is 48.0 Å². The largest absolute Gasteiger partial charge is 0.457 e. The van der Waals surface area contributed by atoms with Gasteiger partial charge in [-0.2, -0.15) is 0 Å². The fourth-order valence-corrected chi connectivity index (χ4v) is 9.92. The van der Waals surface area contributed by atoms with Gasteiger partial charge in [-0.3, -0.25) is 14.4 Å². The molecule has 0 aliphatic carbocycles. The zero-order valence-corrected chi connectivity index (χ0v) is 37.2. The molecule has 13 atom stereocenters. The van der Waals surface area contributed by atoms with Gasteiger partial charge in [0.25, 0.3) is 0 Å². The van der Waals surface area contributed by atoms with E-state index in [9.17, 15) is 24.3 Å². The maximum Gasteiger partial charge on any atom is 0.425 e. The number of Topliss-reactive ketones (excluding diaryl/α,β-unsaturated/α-hetero) is 1. The normalized spacial score (nSPS) is 36.4. The molecule has 1 aromatic heterocycles. The van der Waals surface area contributed by atoms with Crippen LogP contribution in [0.5, 0.6) is 0 Å². The summed E-state index contributed by atoms with van der Waals surface area (Å²) in [5, 5.41) is 16.9. The summed E-state index contributed by atoms with van der Waals surface area (Å²) in [5.41, 5.74) is 1.59. The summed E-state index contributed by atoms with van der Waals surface area (Å²) in [5.74, 6) is -4.51. The van der Waals surface area contributed by atoms with Crippen LogP contribution in [0.3, 0.4) is 0 Å². The number of hydrazine groups is 1. The van der Waals surface area contributed by atoms with Crippen LogP contribution in [0, 0.1) is 17.8 Å². The van der Waals surface area contributed by atoms with Crippen molar-refractivity contribution in [2.45, 2.75) is 148 Å². The zero-order chi connectivity index (χ0) is 43.4. The summed E-state index contributed by atoms with van der Waals surface area (Å²) in [7, 11) is 5.22. The van der Waals surface area contributed by atoms with Crippen LogP contribution in [0.4, 0.5) is 4.79 Å². The molecule has 0 spiro atoms. The number of carbonyl (C=O) groups excluding carboxylic acids is 4. The minimum Gasteiger partial charge on any atom is -0.457 e. The van der Waals surface area contributed by atoms with E-state index < -0.39 is 83.5 Å². The molecule has 0 saturated carbocycles. The molecule has 0 bridgehead atoms. The molecule has 1 unspecified atom stereocenters. The number of ketones is 1. The van der Waals surface area contributed by atoms with Gasteiger partial charge in [0.05, 0.1) is 23.9 Å². The van der Waals surface area contributed by atoms with E-state index in [1.807, 2.05) is 69.4 Å². The SMILES string of the molecule is CC[C@@H]1OC(=O)[C@H](C)C(=O)[C@H](C)[C@H](O[C@@H]2O[C@H](C)C[C@H](N(C)C)[C@H]2O)[C@@](C)(OC)C[C@@H](C)C(=O)NC(C)[C@H]2N(NCCCc3cnc(-c4ccccc4)s3)C(=O)O[C@]12C. The van der Waals surface area contributed by atoms with Crippen LogP contribution in [-0.2, 0) is 44.5 Å². The van der Waals surface area contributed by atoms with Gasteiger partial charge in [-0.1, -0.05) is 51.1 Å². The lowest BCUT2D eigenvalue weighted by Gasteiger charge is -2.46. The minimum absolute atomic E-state index is 0.0964. The highest BCUT2D eigenvalue weighted by Gasteiger charge is 2.59. The van der Waals surface area contributed by atoms with Crippen molar-refractivity contribution in [1.82, 2.24) is 25.6 Å². The van der Waals surface area contributed by atoms with E-state index in [1.54, 1.807) is 46.0 Å². The third kappa shape index (κ3) is 10.2. The van der Waals surface area contributed by atoms with Gasteiger partial charge in [-0.25, -0.2) is 20.2 Å². The van der Waals surface area contributed by atoms with Crippen LogP contribution in [0.25, 0.3) is 10.6 Å². The van der Waals surface area contributed by atoms with Gasteiger partial charge in [-0.15, -0.1) is 11.3 Å². The Balaban J connectivity index is 1.41. The number of nitrogens with one attached hydrogen (secondary N) is 2. The number of benzene rings is 1. The number of aryl methyl sites for hydroxylation is 1. The fourth-order valence-electron chi connectivity index (χ4n) is 8.97. The molecule has 3 fully saturated rings. The number of ether oxygens (including phenoxy) is 5. The highest BCUT2D eigenvalue weighted by Crippen LogP contribution is 2.40. The molecular weight excluding hydrogens is 779 g/mol. The molecular formula is C43H65N5O10S. The molecule has 5 rings (SSSR count). The second-order valence-corrected chi connectivity index (χ2v) is 18.3. The zero-order valence-electron chi connectivity index (χ0n) is 36.4. The lowest BCUT2D eigenvalue weighted by atomic mass is 9.78. The Bertz CT molecular complexity index is 1760. The number of rotatable bonds is 11. The number of likely N-dealkylation sites (N-methyl/N-ethyl adjacent to an activating group) is 1. The molecule has 15 nitrogen and oxygen atoms in total. The van der Waals surface area contributed by atoms with Gasteiger partial charge in [0, 0.05) is 48.2 Å². The van der Waals surface area contributed by atoms with Crippen molar-refractivity contribution >= 4 is 35.1 Å². The molecule has 2 aromatic rings. The van der Waals surface area contributed by atoms with Crippen molar-refractivity contribution in [2.75, 3.05) is 27.7 Å². The van der Waals surface area contributed by atoms with Crippen LogP contribution < -0.4 is 10.7 Å². The Kier molecular flexibility index (Phi) is 15.4. The number of carbonyl (C=O) groups is 4. The summed E-state index contributed by atoms with van der Waals surface area (Å²) in [6.45, 7) is 14.2. The van der Waals surface area contributed by atoms with E-state index in [4.69, 9.17) is 23.7 Å². The number of cyclic esters (lactones) is 1. The van der Waals surface area contributed by atoms with E-state index in [1.165, 1.54) is 19.0 Å². The molecule has 3 aliphatic rings. The van der Waals surface area contributed by atoms with Crippen molar-refractivity contribution in [3.63, 3.8) is 0 Å². The number of hydrogen-bond donors (Lipinski definition) is 3. The number of esters is 1. The van der Waals surface area contributed by atoms with Gasteiger partial charge in [0.2, 0.25) is 5.91 Å². The minimum atomic E-state index is -1.43. The number of hydrogen-bond acceptors (Lipinski definition) is 14. The van der Waals surface area contributed by atoms with Gasteiger partial charge in [-0.05, 0) is 80.8 Å². The first kappa shape index (κ1) is 46.6. The second-order valence-electron chi connectivity index (χ2n) is 17.2. The number of methoxy groups -OCH3 is 1. The maximum absolute atomic E-state index is 14.4. The Labute approximate surface area is 352 Å². The first-order chi connectivity index (χ1) is 27.8. The van der Waals surface area contributed by atoms with E-state index >= 15 is 0 Å². The number of fused-ring (bicyclic) bond motifs is 1.